The van der Waals surface area contributed by atoms with Crippen LogP contribution in [0.25, 0.3) is 10.9 Å². The van der Waals surface area contributed by atoms with Crippen molar-refractivity contribution >= 4 is 22.8 Å². The third kappa shape index (κ3) is 4.60. The van der Waals surface area contributed by atoms with Gasteiger partial charge >= 0.3 is 0 Å². The molecule has 1 atom stereocenters. The molecular formula is C24H27FN4O2. The van der Waals surface area contributed by atoms with Gasteiger partial charge < -0.3 is 14.5 Å². The Bertz CT molecular complexity index is 1090. The maximum Gasteiger partial charge on any atom is 0.227 e. The number of carbonyl (C=O) groups excluding carboxylic acids is 1. The van der Waals surface area contributed by atoms with Gasteiger partial charge in [0.25, 0.3) is 0 Å². The molecule has 3 aromatic rings. The van der Waals surface area contributed by atoms with Crippen LogP contribution in [0.2, 0.25) is 0 Å². The molecule has 31 heavy (non-hydrogen) atoms. The smallest absolute Gasteiger partial charge is 0.227 e. The summed E-state index contributed by atoms with van der Waals surface area (Å²) in [6.45, 7) is 3.84. The number of benzene rings is 2. The van der Waals surface area contributed by atoms with E-state index in [2.05, 4.69) is 4.90 Å². The summed E-state index contributed by atoms with van der Waals surface area (Å²) in [5.41, 5.74) is 2.65. The highest BCUT2D eigenvalue weighted by Crippen LogP contribution is 2.27. The fraction of sp³-hybridized carbons (Fsp3) is 0.375. The number of methoxy groups -OCH3 is 1. The summed E-state index contributed by atoms with van der Waals surface area (Å²) < 4.78 is 18.5. The Labute approximate surface area is 181 Å². The average molecular weight is 423 g/mol. The molecule has 0 radical (unpaired) electrons. The van der Waals surface area contributed by atoms with E-state index in [0.29, 0.717) is 19.0 Å². The Balaban J connectivity index is 1.50. The lowest BCUT2D eigenvalue weighted by atomic mass is 9.96. The minimum atomic E-state index is -0.274. The van der Waals surface area contributed by atoms with E-state index >= 15 is 0 Å². The van der Waals surface area contributed by atoms with Crippen LogP contribution < -0.4 is 9.64 Å². The summed E-state index contributed by atoms with van der Waals surface area (Å²) in [7, 11) is 3.44. The number of hydrogen-bond acceptors (Lipinski definition) is 5. The molecule has 1 amide bonds. The number of ether oxygens (including phenoxy) is 1. The summed E-state index contributed by atoms with van der Waals surface area (Å²) in [6.07, 6.45) is 1.74. The quantitative estimate of drug-likeness (QED) is 0.623. The van der Waals surface area contributed by atoms with Crippen molar-refractivity contribution in [3.05, 3.63) is 59.5 Å². The second kappa shape index (κ2) is 8.88. The van der Waals surface area contributed by atoms with E-state index in [1.54, 1.807) is 31.2 Å². The number of aromatic nitrogens is 2. The molecule has 7 heteroatoms. The van der Waals surface area contributed by atoms with Crippen molar-refractivity contribution in [2.24, 2.45) is 5.92 Å². The molecule has 0 N–H and O–H groups in total. The molecule has 0 spiro atoms. The molecule has 1 aliphatic heterocycles. The zero-order valence-corrected chi connectivity index (χ0v) is 18.1. The second-order valence-electron chi connectivity index (χ2n) is 8.10. The minimum Gasteiger partial charge on any atom is -0.497 e. The van der Waals surface area contributed by atoms with Crippen LogP contribution in [-0.4, -0.2) is 48.0 Å². The largest absolute Gasteiger partial charge is 0.497 e. The van der Waals surface area contributed by atoms with Crippen molar-refractivity contribution in [1.29, 1.82) is 0 Å². The number of aryl methyl sites for hydroxylation is 1. The number of fused-ring (bicyclic) bond motifs is 1. The zero-order valence-electron chi connectivity index (χ0n) is 18.1. The van der Waals surface area contributed by atoms with Gasteiger partial charge in [-0.2, -0.15) is 0 Å². The SMILES string of the molecule is COc1ccc2c(C)nc(N3CCCC(C(=O)N(C)Cc4ccc(F)cc4)C3)nc2c1. The number of carbonyl (C=O) groups is 1. The molecule has 0 aliphatic carbocycles. The van der Waals surface area contributed by atoms with Gasteiger partial charge in [0.2, 0.25) is 11.9 Å². The number of hydrogen-bond donors (Lipinski definition) is 0. The Kier molecular flexibility index (Phi) is 6.02. The van der Waals surface area contributed by atoms with Gasteiger partial charge in [0, 0.05) is 38.1 Å². The Morgan fingerprint density at radius 2 is 2.00 bits per heavy atom. The first-order valence-electron chi connectivity index (χ1n) is 10.5. The maximum absolute atomic E-state index is 13.1. The van der Waals surface area contributed by atoms with Gasteiger partial charge in [-0.3, -0.25) is 4.79 Å². The average Bonchev–Trinajstić information content (AvgIpc) is 2.79. The van der Waals surface area contributed by atoms with E-state index in [-0.39, 0.29) is 17.6 Å². The third-order valence-electron chi connectivity index (χ3n) is 5.85. The van der Waals surface area contributed by atoms with Crippen molar-refractivity contribution in [1.82, 2.24) is 14.9 Å². The summed E-state index contributed by atoms with van der Waals surface area (Å²) in [5, 5.41) is 0.994. The predicted molar refractivity (Wildman–Crippen MR) is 119 cm³/mol. The lowest BCUT2D eigenvalue weighted by Gasteiger charge is -2.34. The lowest BCUT2D eigenvalue weighted by Crippen LogP contribution is -2.44. The fourth-order valence-corrected chi connectivity index (χ4v) is 4.13. The van der Waals surface area contributed by atoms with Crippen LogP contribution in [0.1, 0.15) is 24.1 Å². The van der Waals surface area contributed by atoms with Gasteiger partial charge in [0.1, 0.15) is 11.6 Å². The van der Waals surface area contributed by atoms with Crippen LogP contribution in [0.4, 0.5) is 10.3 Å². The highest BCUT2D eigenvalue weighted by molar-refractivity contribution is 5.83. The van der Waals surface area contributed by atoms with E-state index in [4.69, 9.17) is 14.7 Å². The topological polar surface area (TPSA) is 58.6 Å². The lowest BCUT2D eigenvalue weighted by molar-refractivity contribution is -0.135. The number of halogens is 1. The van der Waals surface area contributed by atoms with Gasteiger partial charge in [-0.25, -0.2) is 14.4 Å². The Morgan fingerprint density at radius 3 is 2.74 bits per heavy atom. The molecule has 4 rings (SSSR count). The summed E-state index contributed by atoms with van der Waals surface area (Å²) in [4.78, 5) is 26.4. The summed E-state index contributed by atoms with van der Waals surface area (Å²) in [5.74, 6) is 1.10. The Hall–Kier alpha value is -3.22. The number of nitrogens with zero attached hydrogens (tertiary/aromatic N) is 4. The molecule has 1 aliphatic rings. The molecule has 1 saturated heterocycles. The van der Waals surface area contributed by atoms with Crippen LogP contribution in [0.3, 0.4) is 0 Å². The van der Waals surface area contributed by atoms with E-state index in [1.165, 1.54) is 12.1 Å². The zero-order chi connectivity index (χ0) is 22.0. The normalized spacial score (nSPS) is 16.4. The van der Waals surface area contributed by atoms with Gasteiger partial charge in [-0.1, -0.05) is 12.1 Å². The number of anilines is 1. The van der Waals surface area contributed by atoms with Gasteiger partial charge in [0.15, 0.2) is 0 Å². The third-order valence-corrected chi connectivity index (χ3v) is 5.85. The van der Waals surface area contributed by atoms with Crippen molar-refractivity contribution in [2.75, 3.05) is 32.1 Å². The molecule has 0 bridgehead atoms. The maximum atomic E-state index is 13.1. The second-order valence-corrected chi connectivity index (χ2v) is 8.10. The number of rotatable bonds is 5. The molecule has 1 fully saturated rings. The molecule has 1 unspecified atom stereocenters. The van der Waals surface area contributed by atoms with Crippen molar-refractivity contribution < 1.29 is 13.9 Å². The van der Waals surface area contributed by atoms with Crippen LogP contribution >= 0.6 is 0 Å². The van der Waals surface area contributed by atoms with Crippen molar-refractivity contribution in [3.63, 3.8) is 0 Å². The van der Waals surface area contributed by atoms with Crippen LogP contribution in [0.5, 0.6) is 5.75 Å². The first-order chi connectivity index (χ1) is 14.9. The van der Waals surface area contributed by atoms with Crippen molar-refractivity contribution in [2.45, 2.75) is 26.3 Å². The van der Waals surface area contributed by atoms with Crippen LogP contribution in [0, 0.1) is 18.7 Å². The molecule has 6 nitrogen and oxygen atoms in total. The highest BCUT2D eigenvalue weighted by atomic mass is 19.1. The first-order valence-corrected chi connectivity index (χ1v) is 10.5. The van der Waals surface area contributed by atoms with E-state index in [9.17, 15) is 9.18 Å². The van der Waals surface area contributed by atoms with E-state index in [0.717, 1.165) is 47.3 Å². The number of amides is 1. The minimum absolute atomic E-state index is 0.0909. The predicted octanol–water partition coefficient (Wildman–Crippen LogP) is 3.96. The van der Waals surface area contributed by atoms with Gasteiger partial charge in [-0.15, -0.1) is 0 Å². The molecule has 162 valence electrons. The van der Waals surface area contributed by atoms with Crippen molar-refractivity contribution in [3.8, 4) is 5.75 Å². The monoisotopic (exact) mass is 422 g/mol. The van der Waals surface area contributed by atoms with Gasteiger partial charge in [-0.05, 0) is 49.6 Å². The molecule has 1 aromatic heterocycles. The molecule has 0 saturated carbocycles. The highest BCUT2D eigenvalue weighted by Gasteiger charge is 2.29. The standard InChI is InChI=1S/C24H27FN4O2/c1-16-21-11-10-20(31-3)13-22(21)27-24(26-16)29-12-4-5-18(15-29)23(30)28(2)14-17-6-8-19(25)9-7-17/h6-11,13,18H,4-5,12,14-15H2,1-3H3. The van der Waals surface area contributed by atoms with Crippen LogP contribution in [0.15, 0.2) is 42.5 Å². The van der Waals surface area contributed by atoms with E-state index in [1.807, 2.05) is 25.1 Å². The fourth-order valence-electron chi connectivity index (χ4n) is 4.13. The summed E-state index contributed by atoms with van der Waals surface area (Å²) in [6, 6.07) is 12.1. The first kappa shape index (κ1) is 21.0. The number of piperidine rings is 1. The molecular weight excluding hydrogens is 395 g/mol. The van der Waals surface area contributed by atoms with Gasteiger partial charge in [0.05, 0.1) is 24.2 Å². The molecule has 2 aromatic carbocycles. The van der Waals surface area contributed by atoms with Crippen LogP contribution in [-0.2, 0) is 11.3 Å². The Morgan fingerprint density at radius 1 is 1.23 bits per heavy atom. The molecule has 2 heterocycles. The van der Waals surface area contributed by atoms with E-state index < -0.39 is 0 Å². The summed E-state index contributed by atoms with van der Waals surface area (Å²) >= 11 is 0.